The van der Waals surface area contributed by atoms with E-state index >= 15 is 0 Å². The fourth-order valence-electron chi connectivity index (χ4n) is 2.01. The number of ether oxygens (including phenoxy) is 1. The average Bonchev–Trinajstić information content (AvgIpc) is 2.58. The maximum absolute atomic E-state index is 12.1. The van der Waals surface area contributed by atoms with Gasteiger partial charge in [0.05, 0.1) is 13.2 Å². The summed E-state index contributed by atoms with van der Waals surface area (Å²) in [5.41, 5.74) is 0. The first kappa shape index (κ1) is 14.4. The number of nitrogens with one attached hydrogen (secondary N) is 1. The van der Waals surface area contributed by atoms with Gasteiger partial charge in [-0.1, -0.05) is 0 Å². The van der Waals surface area contributed by atoms with Crippen molar-refractivity contribution in [1.82, 2.24) is 15.1 Å². The highest BCUT2D eigenvalue weighted by molar-refractivity contribution is 5.78. The second-order valence-corrected chi connectivity index (χ2v) is 4.35. The lowest BCUT2D eigenvalue weighted by Crippen LogP contribution is -2.42. The van der Waals surface area contributed by atoms with Crippen LogP contribution in [-0.4, -0.2) is 75.2 Å². The van der Waals surface area contributed by atoms with E-state index in [2.05, 4.69) is 10.2 Å². The molecule has 0 aromatic rings. The van der Waals surface area contributed by atoms with E-state index in [0.717, 1.165) is 39.1 Å². The zero-order valence-corrected chi connectivity index (χ0v) is 11.1. The molecule has 1 rings (SSSR count). The van der Waals surface area contributed by atoms with Crippen LogP contribution in [0.1, 0.15) is 13.3 Å². The quantitative estimate of drug-likeness (QED) is 0.700. The largest absolute Gasteiger partial charge is 0.383 e. The van der Waals surface area contributed by atoms with Gasteiger partial charge in [0, 0.05) is 33.3 Å². The Kier molecular flexibility index (Phi) is 7.16. The smallest absolute Gasteiger partial charge is 0.236 e. The zero-order chi connectivity index (χ0) is 12.5. The summed E-state index contributed by atoms with van der Waals surface area (Å²) in [4.78, 5) is 16.2. The van der Waals surface area contributed by atoms with E-state index in [9.17, 15) is 4.79 Å². The molecule has 100 valence electrons. The van der Waals surface area contributed by atoms with E-state index < -0.39 is 0 Å². The third kappa shape index (κ3) is 5.48. The van der Waals surface area contributed by atoms with E-state index in [-0.39, 0.29) is 5.91 Å². The lowest BCUT2D eigenvalue weighted by atomic mass is 10.3. The summed E-state index contributed by atoms with van der Waals surface area (Å²) in [5, 5.41) is 3.34. The van der Waals surface area contributed by atoms with Crippen molar-refractivity contribution in [1.29, 1.82) is 0 Å². The van der Waals surface area contributed by atoms with Crippen LogP contribution < -0.4 is 5.32 Å². The van der Waals surface area contributed by atoms with Gasteiger partial charge in [0.15, 0.2) is 0 Å². The van der Waals surface area contributed by atoms with Crippen LogP contribution in [0.25, 0.3) is 0 Å². The van der Waals surface area contributed by atoms with Crippen LogP contribution in [0, 0.1) is 0 Å². The number of carbonyl (C=O) groups excluding carboxylic acids is 1. The Morgan fingerprint density at radius 2 is 2.24 bits per heavy atom. The van der Waals surface area contributed by atoms with Gasteiger partial charge in [-0.15, -0.1) is 0 Å². The lowest BCUT2D eigenvalue weighted by molar-refractivity contribution is -0.132. The molecule has 0 saturated carbocycles. The molecule has 1 aliphatic heterocycles. The maximum atomic E-state index is 12.1. The number of methoxy groups -OCH3 is 1. The van der Waals surface area contributed by atoms with Crippen molar-refractivity contribution < 1.29 is 9.53 Å². The minimum Gasteiger partial charge on any atom is -0.383 e. The molecule has 0 aromatic carbocycles. The van der Waals surface area contributed by atoms with Crippen LogP contribution in [0.15, 0.2) is 0 Å². The van der Waals surface area contributed by atoms with Crippen molar-refractivity contribution >= 4 is 5.91 Å². The van der Waals surface area contributed by atoms with Crippen molar-refractivity contribution in [2.24, 2.45) is 0 Å². The Hall–Kier alpha value is -0.650. The van der Waals surface area contributed by atoms with Crippen molar-refractivity contribution in [3.8, 4) is 0 Å². The van der Waals surface area contributed by atoms with Crippen molar-refractivity contribution in [3.05, 3.63) is 0 Å². The Balaban J connectivity index is 2.33. The summed E-state index contributed by atoms with van der Waals surface area (Å²) >= 11 is 0. The predicted molar refractivity (Wildman–Crippen MR) is 68.1 cm³/mol. The number of rotatable bonds is 6. The van der Waals surface area contributed by atoms with E-state index in [0.29, 0.717) is 19.7 Å². The highest BCUT2D eigenvalue weighted by Gasteiger charge is 2.16. The zero-order valence-electron chi connectivity index (χ0n) is 11.1. The third-order valence-electron chi connectivity index (χ3n) is 3.09. The molecule has 0 aliphatic carbocycles. The summed E-state index contributed by atoms with van der Waals surface area (Å²) in [5.74, 6) is 0.214. The first-order valence-corrected chi connectivity index (χ1v) is 6.47. The first-order valence-electron chi connectivity index (χ1n) is 6.47. The van der Waals surface area contributed by atoms with Crippen LogP contribution in [0.4, 0.5) is 0 Å². The molecule has 1 aliphatic rings. The van der Waals surface area contributed by atoms with Crippen LogP contribution in [0.3, 0.4) is 0 Å². The Morgan fingerprint density at radius 3 is 2.94 bits per heavy atom. The molecule has 5 nitrogen and oxygen atoms in total. The third-order valence-corrected chi connectivity index (χ3v) is 3.09. The molecular formula is C12H25N3O2. The molecule has 0 spiro atoms. The van der Waals surface area contributed by atoms with Gasteiger partial charge in [0.1, 0.15) is 0 Å². The molecule has 1 saturated heterocycles. The molecule has 17 heavy (non-hydrogen) atoms. The van der Waals surface area contributed by atoms with Crippen molar-refractivity contribution in [2.45, 2.75) is 13.3 Å². The monoisotopic (exact) mass is 243 g/mol. The summed E-state index contributed by atoms with van der Waals surface area (Å²) in [6.45, 7) is 8.64. The number of amides is 1. The fourth-order valence-corrected chi connectivity index (χ4v) is 2.01. The van der Waals surface area contributed by atoms with Crippen molar-refractivity contribution in [3.63, 3.8) is 0 Å². The fraction of sp³-hybridized carbons (Fsp3) is 0.917. The van der Waals surface area contributed by atoms with Gasteiger partial charge in [0.2, 0.25) is 5.91 Å². The summed E-state index contributed by atoms with van der Waals surface area (Å²) in [6, 6.07) is 0. The topological polar surface area (TPSA) is 44.8 Å². The molecule has 1 heterocycles. The van der Waals surface area contributed by atoms with Gasteiger partial charge in [-0.25, -0.2) is 0 Å². The van der Waals surface area contributed by atoms with Crippen molar-refractivity contribution in [2.75, 3.05) is 59.5 Å². The molecule has 0 bridgehead atoms. The number of nitrogens with zero attached hydrogens (tertiary/aromatic N) is 2. The predicted octanol–water partition coefficient (Wildman–Crippen LogP) is -0.223. The second-order valence-electron chi connectivity index (χ2n) is 4.35. The minimum atomic E-state index is 0.214. The molecule has 0 radical (unpaired) electrons. The van der Waals surface area contributed by atoms with E-state index in [1.165, 1.54) is 0 Å². The SMILES string of the molecule is CCN(CCOC)C(=O)CN1CCCNCC1. The second kappa shape index (κ2) is 8.44. The van der Waals surface area contributed by atoms with Gasteiger partial charge in [-0.05, 0) is 26.4 Å². The minimum absolute atomic E-state index is 0.214. The highest BCUT2D eigenvalue weighted by atomic mass is 16.5. The molecule has 1 N–H and O–H groups in total. The summed E-state index contributed by atoms with van der Waals surface area (Å²) in [7, 11) is 1.67. The van der Waals surface area contributed by atoms with Crippen LogP contribution in [-0.2, 0) is 9.53 Å². The average molecular weight is 243 g/mol. The maximum Gasteiger partial charge on any atom is 0.236 e. The molecule has 1 amide bonds. The van der Waals surface area contributed by atoms with Gasteiger partial charge in [-0.2, -0.15) is 0 Å². The Bertz CT molecular complexity index is 216. The van der Waals surface area contributed by atoms with Crippen LogP contribution >= 0.6 is 0 Å². The highest BCUT2D eigenvalue weighted by Crippen LogP contribution is 1.98. The lowest BCUT2D eigenvalue weighted by Gasteiger charge is -2.25. The molecule has 0 aromatic heterocycles. The summed E-state index contributed by atoms with van der Waals surface area (Å²) < 4.78 is 5.02. The molecular weight excluding hydrogens is 218 g/mol. The molecule has 5 heteroatoms. The molecule has 0 unspecified atom stereocenters. The van der Waals surface area contributed by atoms with Gasteiger partial charge in [-0.3, -0.25) is 9.69 Å². The standard InChI is InChI=1S/C12H25N3O2/c1-3-15(9-10-17-2)12(16)11-14-7-4-5-13-6-8-14/h13H,3-11H2,1-2H3. The van der Waals surface area contributed by atoms with Gasteiger partial charge in [0.25, 0.3) is 0 Å². The number of hydrogen-bond acceptors (Lipinski definition) is 4. The van der Waals surface area contributed by atoms with E-state index in [4.69, 9.17) is 4.74 Å². The summed E-state index contributed by atoms with van der Waals surface area (Å²) in [6.07, 6.45) is 1.12. The Labute approximate surface area is 104 Å². The van der Waals surface area contributed by atoms with Crippen LogP contribution in [0.5, 0.6) is 0 Å². The van der Waals surface area contributed by atoms with Gasteiger partial charge >= 0.3 is 0 Å². The molecule has 1 fully saturated rings. The molecule has 0 atom stereocenters. The van der Waals surface area contributed by atoms with E-state index in [1.54, 1.807) is 7.11 Å². The number of hydrogen-bond donors (Lipinski definition) is 1. The normalized spacial score (nSPS) is 17.8. The van der Waals surface area contributed by atoms with Gasteiger partial charge < -0.3 is 15.0 Å². The van der Waals surface area contributed by atoms with Crippen LogP contribution in [0.2, 0.25) is 0 Å². The Morgan fingerprint density at radius 1 is 1.41 bits per heavy atom. The number of carbonyl (C=O) groups is 1. The number of likely N-dealkylation sites (N-methyl/N-ethyl adjacent to an activating group) is 1. The van der Waals surface area contributed by atoms with E-state index in [1.807, 2.05) is 11.8 Å². The first-order chi connectivity index (χ1) is 8.27.